The SMILES string of the molecule is C#CCNC(=O)C(CCCCNC(=O)COCCOCCOCCNC(=O)O)NC(=O)COCCOCCOCCNC(=O)O. The zero-order valence-corrected chi connectivity index (χ0v) is 25.5. The van der Waals surface area contributed by atoms with Crippen LogP contribution >= 0.6 is 0 Å². The van der Waals surface area contributed by atoms with Crippen molar-refractivity contribution in [3.8, 4) is 12.3 Å². The number of nitrogens with one attached hydrogen (secondary N) is 5. The molecule has 0 aliphatic heterocycles. The minimum Gasteiger partial charge on any atom is -0.465 e. The highest BCUT2D eigenvalue weighted by molar-refractivity contribution is 5.88. The summed E-state index contributed by atoms with van der Waals surface area (Å²) < 4.78 is 31.4. The zero-order valence-electron chi connectivity index (χ0n) is 25.5. The van der Waals surface area contributed by atoms with Crippen molar-refractivity contribution in [2.45, 2.75) is 25.3 Å². The molecule has 7 N–H and O–H groups in total. The monoisotopic (exact) mass is 649 g/mol. The minimum absolute atomic E-state index is 0.0139. The van der Waals surface area contributed by atoms with Crippen molar-refractivity contribution >= 4 is 29.9 Å². The lowest BCUT2D eigenvalue weighted by molar-refractivity contribution is -0.132. The predicted molar refractivity (Wildman–Crippen MR) is 158 cm³/mol. The van der Waals surface area contributed by atoms with Gasteiger partial charge in [0.25, 0.3) is 0 Å². The van der Waals surface area contributed by atoms with Crippen molar-refractivity contribution in [2.24, 2.45) is 0 Å². The summed E-state index contributed by atoms with van der Waals surface area (Å²) in [5.41, 5.74) is 0. The Bertz CT molecular complexity index is 873. The summed E-state index contributed by atoms with van der Waals surface area (Å²) in [7, 11) is 0. The Morgan fingerprint density at radius 3 is 1.53 bits per heavy atom. The number of terminal acetylenes is 1. The quantitative estimate of drug-likeness (QED) is 0.0334. The van der Waals surface area contributed by atoms with Gasteiger partial charge in [0, 0.05) is 19.6 Å². The highest BCUT2D eigenvalue weighted by Gasteiger charge is 2.20. The maximum absolute atomic E-state index is 12.4. The van der Waals surface area contributed by atoms with Crippen LogP contribution in [-0.2, 0) is 42.8 Å². The third-order valence-electron chi connectivity index (χ3n) is 5.26. The number of ether oxygens (including phenoxy) is 6. The molecular weight excluding hydrogens is 602 g/mol. The third kappa shape index (κ3) is 30.1. The lowest BCUT2D eigenvalue weighted by atomic mass is 10.1. The second-order valence-corrected chi connectivity index (χ2v) is 8.91. The Morgan fingerprint density at radius 2 is 1.04 bits per heavy atom. The van der Waals surface area contributed by atoms with E-state index in [0.29, 0.717) is 39.0 Å². The Balaban J connectivity index is 3.95. The minimum atomic E-state index is -1.12. The summed E-state index contributed by atoms with van der Waals surface area (Å²) in [6.45, 7) is 2.79. The second-order valence-electron chi connectivity index (χ2n) is 8.91. The average molecular weight is 650 g/mol. The summed E-state index contributed by atoms with van der Waals surface area (Å²) in [6, 6.07) is -0.829. The van der Waals surface area contributed by atoms with Crippen LogP contribution in [0.5, 0.6) is 0 Å². The first kappa shape index (κ1) is 41.3. The maximum Gasteiger partial charge on any atom is 0.404 e. The highest BCUT2D eigenvalue weighted by Crippen LogP contribution is 2.02. The van der Waals surface area contributed by atoms with Gasteiger partial charge in [-0.3, -0.25) is 14.4 Å². The first-order valence-corrected chi connectivity index (χ1v) is 14.4. The number of amides is 5. The summed E-state index contributed by atoms with van der Waals surface area (Å²) in [4.78, 5) is 57.2. The highest BCUT2D eigenvalue weighted by atomic mass is 16.6. The summed E-state index contributed by atoms with van der Waals surface area (Å²) in [5.74, 6) is 1.09. The molecule has 0 aliphatic carbocycles. The van der Waals surface area contributed by atoms with Gasteiger partial charge >= 0.3 is 12.2 Å². The van der Waals surface area contributed by atoms with E-state index in [1.807, 2.05) is 0 Å². The molecule has 258 valence electrons. The third-order valence-corrected chi connectivity index (χ3v) is 5.26. The van der Waals surface area contributed by atoms with Crippen LogP contribution in [0.4, 0.5) is 9.59 Å². The van der Waals surface area contributed by atoms with E-state index >= 15 is 0 Å². The lowest BCUT2D eigenvalue weighted by Crippen LogP contribution is -2.48. The van der Waals surface area contributed by atoms with E-state index in [-0.39, 0.29) is 91.6 Å². The van der Waals surface area contributed by atoms with Gasteiger partial charge in [0.2, 0.25) is 17.7 Å². The van der Waals surface area contributed by atoms with Crippen molar-refractivity contribution in [1.29, 1.82) is 0 Å². The van der Waals surface area contributed by atoms with Gasteiger partial charge in [-0.05, 0) is 19.3 Å². The average Bonchev–Trinajstić information content (AvgIpc) is 3.00. The number of carbonyl (C=O) groups excluding carboxylic acids is 3. The van der Waals surface area contributed by atoms with Crippen LogP contribution in [0.2, 0.25) is 0 Å². The first-order valence-electron chi connectivity index (χ1n) is 14.4. The molecule has 0 radical (unpaired) electrons. The molecule has 0 aromatic rings. The van der Waals surface area contributed by atoms with Crippen LogP contribution in [0.15, 0.2) is 0 Å². The predicted octanol–water partition coefficient (Wildman–Crippen LogP) is -1.86. The van der Waals surface area contributed by atoms with E-state index in [9.17, 15) is 24.0 Å². The van der Waals surface area contributed by atoms with Crippen LogP contribution in [0.1, 0.15) is 19.3 Å². The summed E-state index contributed by atoms with van der Waals surface area (Å²) in [6.07, 6.45) is 4.37. The van der Waals surface area contributed by atoms with E-state index in [0.717, 1.165) is 0 Å². The van der Waals surface area contributed by atoms with Gasteiger partial charge in [0.05, 0.1) is 72.6 Å². The number of carbonyl (C=O) groups is 5. The Kier molecular flexibility index (Phi) is 27.8. The fraction of sp³-hybridized carbons (Fsp3) is 0.741. The van der Waals surface area contributed by atoms with Crippen LogP contribution in [0.3, 0.4) is 0 Å². The standard InChI is InChI=1S/C27H47N5O13/c1-2-6-29-25(35)22(32-24(34)21-45-19-17-43-15-13-41-11-9-31-27(38)39)5-3-4-7-28-23(33)20-44-18-16-42-14-12-40-10-8-30-26(36)37/h1,22,30-31H,3-21H2,(H,28,33)(H,29,35)(H,32,34)(H,36,37)(H,38,39). The molecule has 0 spiro atoms. The number of carboxylic acid groups (broad SMARTS) is 2. The first-order chi connectivity index (χ1) is 21.8. The molecule has 0 aromatic carbocycles. The molecular formula is C27H47N5O13. The lowest BCUT2D eigenvalue weighted by Gasteiger charge is -2.18. The Morgan fingerprint density at radius 1 is 0.578 bits per heavy atom. The van der Waals surface area contributed by atoms with Crippen molar-refractivity contribution in [2.75, 3.05) is 105 Å². The number of rotatable bonds is 30. The van der Waals surface area contributed by atoms with E-state index in [1.165, 1.54) is 0 Å². The Labute approximate surface area is 262 Å². The molecule has 0 aliphatic rings. The van der Waals surface area contributed by atoms with Crippen molar-refractivity contribution < 1.29 is 62.6 Å². The molecule has 0 heterocycles. The van der Waals surface area contributed by atoms with Gasteiger partial charge in [-0.2, -0.15) is 0 Å². The molecule has 5 amide bonds. The summed E-state index contributed by atoms with van der Waals surface area (Å²) in [5, 5.41) is 29.1. The molecule has 0 saturated heterocycles. The van der Waals surface area contributed by atoms with Gasteiger partial charge < -0.3 is 65.2 Å². The van der Waals surface area contributed by atoms with E-state index in [1.54, 1.807) is 0 Å². The molecule has 0 aromatic heterocycles. The molecule has 0 fully saturated rings. The zero-order chi connectivity index (χ0) is 33.4. The van der Waals surface area contributed by atoms with Crippen LogP contribution in [-0.4, -0.2) is 152 Å². The topological polar surface area (TPSA) is 241 Å². The maximum atomic E-state index is 12.4. The molecule has 1 unspecified atom stereocenters. The van der Waals surface area contributed by atoms with Gasteiger partial charge in [-0.25, -0.2) is 9.59 Å². The van der Waals surface area contributed by atoms with Gasteiger partial charge in [0.1, 0.15) is 19.3 Å². The van der Waals surface area contributed by atoms with Crippen LogP contribution < -0.4 is 26.6 Å². The molecule has 18 nitrogen and oxygen atoms in total. The fourth-order valence-corrected chi connectivity index (χ4v) is 3.19. The second kappa shape index (κ2) is 30.3. The van der Waals surface area contributed by atoms with Gasteiger partial charge in [-0.15, -0.1) is 6.42 Å². The number of unbranched alkanes of at least 4 members (excludes halogenated alkanes) is 1. The van der Waals surface area contributed by atoms with Gasteiger partial charge in [0.15, 0.2) is 0 Å². The van der Waals surface area contributed by atoms with E-state index in [4.69, 9.17) is 45.1 Å². The Hall–Kier alpha value is -3.73. The van der Waals surface area contributed by atoms with Crippen LogP contribution in [0.25, 0.3) is 0 Å². The normalized spacial score (nSPS) is 11.2. The van der Waals surface area contributed by atoms with Crippen molar-refractivity contribution in [3.05, 3.63) is 0 Å². The van der Waals surface area contributed by atoms with Crippen molar-refractivity contribution in [1.82, 2.24) is 26.6 Å². The molecule has 0 saturated carbocycles. The summed E-state index contributed by atoms with van der Waals surface area (Å²) >= 11 is 0. The molecule has 45 heavy (non-hydrogen) atoms. The van der Waals surface area contributed by atoms with Gasteiger partial charge in [-0.1, -0.05) is 5.92 Å². The van der Waals surface area contributed by atoms with E-state index < -0.39 is 30.0 Å². The fourth-order valence-electron chi connectivity index (χ4n) is 3.19. The smallest absolute Gasteiger partial charge is 0.404 e. The molecule has 0 rings (SSSR count). The van der Waals surface area contributed by atoms with Crippen molar-refractivity contribution in [3.63, 3.8) is 0 Å². The van der Waals surface area contributed by atoms with E-state index in [2.05, 4.69) is 32.5 Å². The largest absolute Gasteiger partial charge is 0.465 e. The molecule has 1 atom stereocenters. The van der Waals surface area contributed by atoms with Crippen LogP contribution in [0, 0.1) is 12.3 Å². The number of hydrogen-bond acceptors (Lipinski definition) is 11. The molecule has 18 heteroatoms. The molecule has 0 bridgehead atoms. The number of hydrogen-bond donors (Lipinski definition) is 7.